The molecule has 40 heavy (non-hydrogen) atoms. The molecule has 13 nitrogen and oxygen atoms in total. The van der Waals surface area contributed by atoms with Gasteiger partial charge in [0.25, 0.3) is 15.7 Å². The number of aromatic amines is 1. The smallest absolute Gasteiger partial charge is 0.289 e. The zero-order valence-electron chi connectivity index (χ0n) is 22.3. The van der Waals surface area contributed by atoms with Crippen molar-refractivity contribution in [2.75, 3.05) is 7.05 Å². The van der Waals surface area contributed by atoms with Gasteiger partial charge in [-0.05, 0) is 30.0 Å². The highest BCUT2D eigenvalue weighted by Crippen LogP contribution is 2.23. The summed E-state index contributed by atoms with van der Waals surface area (Å²) >= 11 is 0. The van der Waals surface area contributed by atoms with Crippen LogP contribution in [0, 0.1) is 22.0 Å². The van der Waals surface area contributed by atoms with Crippen molar-refractivity contribution < 1.29 is 27.7 Å². The van der Waals surface area contributed by atoms with E-state index in [4.69, 9.17) is 0 Å². The quantitative estimate of drug-likeness (QED) is 0.152. The summed E-state index contributed by atoms with van der Waals surface area (Å²) in [6.07, 6.45) is 1.86. The number of nitro benzene ring substituents is 1. The Labute approximate surface area is 231 Å². The van der Waals surface area contributed by atoms with Gasteiger partial charge < -0.3 is 15.6 Å². The van der Waals surface area contributed by atoms with Gasteiger partial charge in [0.15, 0.2) is 4.90 Å². The SMILES string of the molecule is CNC(=O)[C@H](Cc1c[nH]c2ccccc12)NC(=O)[C@@H](CC(=O)NNS(=O)(=O)c1ccccc1[N+](=O)[O-])CC(C)C. The Morgan fingerprint density at radius 3 is 2.38 bits per heavy atom. The number of fused-ring (bicyclic) bond motifs is 1. The maximum Gasteiger partial charge on any atom is 0.289 e. The van der Waals surface area contributed by atoms with Crippen LogP contribution in [0.25, 0.3) is 10.9 Å². The second-order valence-electron chi connectivity index (χ2n) is 9.65. The Hall–Kier alpha value is -4.30. The highest BCUT2D eigenvalue weighted by atomic mass is 32.2. The number of rotatable bonds is 13. The molecule has 0 aliphatic heterocycles. The summed E-state index contributed by atoms with van der Waals surface area (Å²) in [6, 6.07) is 11.3. The van der Waals surface area contributed by atoms with E-state index in [0.29, 0.717) is 0 Å². The predicted molar refractivity (Wildman–Crippen MR) is 147 cm³/mol. The number of sulfonamides is 1. The summed E-state index contributed by atoms with van der Waals surface area (Å²) < 4.78 is 25.2. The Balaban J connectivity index is 1.71. The molecule has 3 amide bonds. The number of carbonyl (C=O) groups excluding carboxylic acids is 3. The van der Waals surface area contributed by atoms with Crippen LogP contribution in [0.1, 0.15) is 32.3 Å². The van der Waals surface area contributed by atoms with Crippen LogP contribution in [-0.4, -0.2) is 49.1 Å². The molecule has 2 aromatic carbocycles. The van der Waals surface area contributed by atoms with Crippen molar-refractivity contribution >= 4 is 44.3 Å². The van der Waals surface area contributed by atoms with Gasteiger partial charge in [0.2, 0.25) is 17.7 Å². The van der Waals surface area contributed by atoms with Crippen molar-refractivity contribution in [3.8, 4) is 0 Å². The molecule has 0 saturated heterocycles. The van der Waals surface area contributed by atoms with Crippen LogP contribution >= 0.6 is 0 Å². The van der Waals surface area contributed by atoms with Gasteiger partial charge in [-0.1, -0.05) is 44.2 Å². The zero-order chi connectivity index (χ0) is 29.4. The molecule has 0 bridgehead atoms. The Kier molecular flexibility index (Phi) is 9.96. The fourth-order valence-corrected chi connectivity index (χ4v) is 5.37. The summed E-state index contributed by atoms with van der Waals surface area (Å²) in [5.74, 6) is -2.66. The molecule has 3 rings (SSSR count). The summed E-state index contributed by atoms with van der Waals surface area (Å²) in [7, 11) is -3.01. The van der Waals surface area contributed by atoms with Gasteiger partial charge in [-0.25, -0.2) is 8.42 Å². The first-order valence-electron chi connectivity index (χ1n) is 12.5. The third kappa shape index (κ3) is 7.64. The number of hydrogen-bond acceptors (Lipinski definition) is 7. The molecule has 0 unspecified atom stereocenters. The minimum Gasteiger partial charge on any atom is -0.361 e. The molecule has 0 radical (unpaired) electrons. The molecule has 214 valence electrons. The van der Waals surface area contributed by atoms with Crippen molar-refractivity contribution in [1.29, 1.82) is 0 Å². The van der Waals surface area contributed by atoms with Crippen LogP contribution in [0.2, 0.25) is 0 Å². The second-order valence-corrected chi connectivity index (χ2v) is 11.3. The molecule has 5 N–H and O–H groups in total. The fraction of sp³-hybridized carbons (Fsp3) is 0.346. The van der Waals surface area contributed by atoms with Gasteiger partial charge in [0.05, 0.1) is 4.92 Å². The van der Waals surface area contributed by atoms with Crippen molar-refractivity contribution in [2.24, 2.45) is 11.8 Å². The van der Waals surface area contributed by atoms with Crippen molar-refractivity contribution in [3.05, 3.63) is 70.4 Å². The number of likely N-dealkylation sites (N-methyl/N-ethyl adjacent to an activating group) is 1. The minimum atomic E-state index is -4.47. The van der Waals surface area contributed by atoms with Gasteiger partial charge in [-0.3, -0.25) is 29.9 Å². The van der Waals surface area contributed by atoms with E-state index in [1.807, 2.05) is 48.4 Å². The van der Waals surface area contributed by atoms with E-state index in [2.05, 4.69) is 15.6 Å². The van der Waals surface area contributed by atoms with Crippen LogP contribution < -0.4 is 20.9 Å². The molecule has 0 fully saturated rings. The molecule has 0 aliphatic rings. The largest absolute Gasteiger partial charge is 0.361 e. The minimum absolute atomic E-state index is 0.000667. The Bertz CT molecular complexity index is 1500. The maximum absolute atomic E-state index is 13.3. The summed E-state index contributed by atoms with van der Waals surface area (Å²) in [4.78, 5) is 53.3. The predicted octanol–water partition coefficient (Wildman–Crippen LogP) is 1.91. The number of nitrogens with one attached hydrogen (secondary N) is 5. The third-order valence-corrected chi connectivity index (χ3v) is 7.51. The summed E-state index contributed by atoms with van der Waals surface area (Å²) in [6.45, 7) is 3.72. The third-order valence-electron chi connectivity index (χ3n) is 6.21. The average molecular weight is 573 g/mol. The number of nitrogens with zero attached hydrogens (tertiary/aromatic N) is 1. The number of carbonyl (C=O) groups is 3. The molecule has 0 aliphatic carbocycles. The number of amides is 3. The average Bonchev–Trinajstić information content (AvgIpc) is 3.33. The van der Waals surface area contributed by atoms with E-state index in [-0.39, 0.29) is 18.8 Å². The number of H-pyrrole nitrogens is 1. The normalized spacial score (nSPS) is 13.0. The molecule has 0 saturated carbocycles. The van der Waals surface area contributed by atoms with E-state index in [1.165, 1.54) is 19.2 Å². The summed E-state index contributed by atoms with van der Waals surface area (Å²) in [5.41, 5.74) is 3.08. The number of hydrazine groups is 1. The first-order chi connectivity index (χ1) is 18.9. The lowest BCUT2D eigenvalue weighted by molar-refractivity contribution is -0.387. The summed E-state index contributed by atoms with van der Waals surface area (Å²) in [5, 5.41) is 17.4. The fourth-order valence-electron chi connectivity index (χ4n) is 4.33. The van der Waals surface area contributed by atoms with Gasteiger partial charge in [-0.15, -0.1) is 4.83 Å². The van der Waals surface area contributed by atoms with E-state index >= 15 is 0 Å². The lowest BCUT2D eigenvalue weighted by Gasteiger charge is -2.23. The first-order valence-corrected chi connectivity index (χ1v) is 14.0. The van der Waals surface area contributed by atoms with E-state index < -0.39 is 61.6 Å². The Morgan fingerprint density at radius 2 is 1.70 bits per heavy atom. The first kappa shape index (κ1) is 30.2. The topological polar surface area (TPSA) is 192 Å². The number of hydrogen-bond donors (Lipinski definition) is 5. The molecule has 14 heteroatoms. The molecule has 2 atom stereocenters. The van der Waals surface area contributed by atoms with Crippen LogP contribution in [-0.2, 0) is 30.8 Å². The molecule has 1 heterocycles. The molecule has 0 spiro atoms. The molecular formula is C26H32N6O7S. The molecule has 1 aromatic heterocycles. The maximum atomic E-state index is 13.3. The van der Waals surface area contributed by atoms with E-state index in [0.717, 1.165) is 28.6 Å². The highest BCUT2D eigenvalue weighted by molar-refractivity contribution is 7.89. The van der Waals surface area contributed by atoms with E-state index in [1.54, 1.807) is 6.20 Å². The van der Waals surface area contributed by atoms with Crippen molar-refractivity contribution in [3.63, 3.8) is 0 Å². The van der Waals surface area contributed by atoms with Crippen LogP contribution in [0.5, 0.6) is 0 Å². The number of aromatic nitrogens is 1. The van der Waals surface area contributed by atoms with Crippen molar-refractivity contribution in [1.82, 2.24) is 25.9 Å². The lowest BCUT2D eigenvalue weighted by Crippen LogP contribution is -2.50. The monoisotopic (exact) mass is 572 g/mol. The van der Waals surface area contributed by atoms with Gasteiger partial charge in [-0.2, -0.15) is 0 Å². The zero-order valence-corrected chi connectivity index (χ0v) is 23.1. The Morgan fingerprint density at radius 1 is 1.02 bits per heavy atom. The number of para-hydroxylation sites is 2. The number of benzene rings is 2. The molecular weight excluding hydrogens is 540 g/mol. The second kappa shape index (κ2) is 13.2. The van der Waals surface area contributed by atoms with Crippen LogP contribution in [0.15, 0.2) is 59.6 Å². The highest BCUT2D eigenvalue weighted by Gasteiger charge is 2.30. The van der Waals surface area contributed by atoms with Crippen LogP contribution in [0.3, 0.4) is 0 Å². The van der Waals surface area contributed by atoms with Gasteiger partial charge >= 0.3 is 0 Å². The van der Waals surface area contributed by atoms with Gasteiger partial charge in [0.1, 0.15) is 6.04 Å². The van der Waals surface area contributed by atoms with E-state index in [9.17, 15) is 32.9 Å². The van der Waals surface area contributed by atoms with Gasteiger partial charge in [0, 0.05) is 49.0 Å². The standard InChI is InChI=1S/C26H32N6O7S/c1-16(2)12-17(14-24(33)30-31-40(38,39)23-11-7-6-10-22(23)32(36)37)25(34)29-21(26(35)27-3)13-18-15-28-20-9-5-4-8-19(18)20/h4-11,15-17,21,28,31H,12-14H2,1-3H3,(H,27,35)(H,29,34)(H,30,33)/t17-,21+/m1/s1. The molecule has 3 aromatic rings. The number of nitro groups is 1. The lowest BCUT2D eigenvalue weighted by atomic mass is 9.92. The van der Waals surface area contributed by atoms with Crippen molar-refractivity contribution in [2.45, 2.75) is 44.0 Å². The van der Waals surface area contributed by atoms with Crippen LogP contribution in [0.4, 0.5) is 5.69 Å².